The predicted octanol–water partition coefficient (Wildman–Crippen LogP) is 3.76. The number of hydrogen-bond acceptors (Lipinski definition) is 4. The quantitative estimate of drug-likeness (QED) is 0.861. The number of oxime groups is 1. The van der Waals surface area contributed by atoms with Crippen LogP contribution < -0.4 is 10.1 Å². The van der Waals surface area contributed by atoms with Crippen LogP contribution in [-0.2, 0) is 9.63 Å². The Labute approximate surface area is 154 Å². The van der Waals surface area contributed by atoms with Gasteiger partial charge in [-0.05, 0) is 31.0 Å². The molecule has 0 spiro atoms. The Kier molecular flexibility index (Phi) is 5.56. The van der Waals surface area contributed by atoms with E-state index in [2.05, 4.69) is 41.7 Å². The average molecular weight is 352 g/mol. The number of hydrogen-bond donors (Lipinski definition) is 1. The lowest BCUT2D eigenvalue weighted by molar-refractivity contribution is -0.132. The maximum Gasteiger partial charge on any atom is 0.264 e. The molecule has 0 saturated carbocycles. The van der Waals surface area contributed by atoms with Gasteiger partial charge in [0.25, 0.3) is 5.91 Å². The summed E-state index contributed by atoms with van der Waals surface area (Å²) in [5.41, 5.74) is 3.88. The number of methoxy groups -OCH3 is 1. The summed E-state index contributed by atoms with van der Waals surface area (Å²) in [6.45, 7) is 4.10. The Bertz CT molecular complexity index is 799. The molecule has 3 rings (SSSR count). The lowest BCUT2D eigenvalue weighted by Gasteiger charge is -2.19. The summed E-state index contributed by atoms with van der Waals surface area (Å²) in [5.74, 6) is 0.577. The van der Waals surface area contributed by atoms with Gasteiger partial charge in [-0.25, -0.2) is 0 Å². The normalized spacial score (nSPS) is 17.2. The van der Waals surface area contributed by atoms with Gasteiger partial charge in [0.15, 0.2) is 0 Å². The minimum atomic E-state index is -0.616. The number of ether oxygens (including phenoxy) is 1. The molecular weight excluding hydrogens is 328 g/mol. The maximum atomic E-state index is 12.6. The van der Waals surface area contributed by atoms with Crippen LogP contribution in [0.15, 0.2) is 53.7 Å². The van der Waals surface area contributed by atoms with Crippen LogP contribution in [0.5, 0.6) is 5.75 Å². The summed E-state index contributed by atoms with van der Waals surface area (Å²) >= 11 is 0. The molecule has 2 atom stereocenters. The number of para-hydroxylation sites is 1. The van der Waals surface area contributed by atoms with E-state index in [-0.39, 0.29) is 11.9 Å². The van der Waals surface area contributed by atoms with E-state index in [1.807, 2.05) is 31.2 Å². The van der Waals surface area contributed by atoms with E-state index in [4.69, 9.17) is 9.57 Å². The predicted molar refractivity (Wildman–Crippen MR) is 101 cm³/mol. The summed E-state index contributed by atoms with van der Waals surface area (Å²) in [4.78, 5) is 18.0. The van der Waals surface area contributed by atoms with Gasteiger partial charge in [0.05, 0.1) is 18.9 Å². The van der Waals surface area contributed by atoms with Crippen LogP contribution >= 0.6 is 0 Å². The molecule has 1 N–H and O–H groups in total. The lowest BCUT2D eigenvalue weighted by atomic mass is 10.0. The smallest absolute Gasteiger partial charge is 0.264 e. The standard InChI is InChI=1S/C21H24N2O3/c1-4-17(15-11-9-14(2)10-12-15)22-21(24)20-13-18(23-26-20)16-7-5-6-8-19(16)25-3/h5-12,17,20H,4,13H2,1-3H3,(H,22,24)/t17-,20+/m1/s1. The second-order valence-electron chi connectivity index (χ2n) is 6.42. The maximum absolute atomic E-state index is 12.6. The van der Waals surface area contributed by atoms with E-state index in [1.54, 1.807) is 7.11 Å². The van der Waals surface area contributed by atoms with Crippen molar-refractivity contribution in [1.29, 1.82) is 0 Å². The van der Waals surface area contributed by atoms with Crippen LogP contribution in [0, 0.1) is 6.92 Å². The van der Waals surface area contributed by atoms with Crippen molar-refractivity contribution in [3.05, 3.63) is 65.2 Å². The number of amides is 1. The molecule has 2 aromatic rings. The van der Waals surface area contributed by atoms with Crippen LogP contribution in [0.4, 0.5) is 0 Å². The molecule has 1 amide bonds. The molecule has 0 bridgehead atoms. The highest BCUT2D eigenvalue weighted by Crippen LogP contribution is 2.25. The van der Waals surface area contributed by atoms with E-state index < -0.39 is 6.10 Å². The van der Waals surface area contributed by atoms with Gasteiger partial charge in [0.2, 0.25) is 6.10 Å². The van der Waals surface area contributed by atoms with Crippen molar-refractivity contribution < 1.29 is 14.4 Å². The van der Waals surface area contributed by atoms with Crippen LogP contribution in [0.3, 0.4) is 0 Å². The molecule has 1 aliphatic rings. The van der Waals surface area contributed by atoms with E-state index in [0.29, 0.717) is 6.42 Å². The van der Waals surface area contributed by atoms with Crippen molar-refractivity contribution in [2.45, 2.75) is 38.8 Å². The summed E-state index contributed by atoms with van der Waals surface area (Å²) in [6, 6.07) is 15.8. The molecule has 0 saturated heterocycles. The van der Waals surface area contributed by atoms with Gasteiger partial charge in [0, 0.05) is 12.0 Å². The number of carbonyl (C=O) groups is 1. The van der Waals surface area contributed by atoms with Gasteiger partial charge in [-0.3, -0.25) is 4.79 Å². The largest absolute Gasteiger partial charge is 0.496 e. The van der Waals surface area contributed by atoms with Gasteiger partial charge >= 0.3 is 0 Å². The van der Waals surface area contributed by atoms with Crippen molar-refractivity contribution in [3.8, 4) is 5.75 Å². The molecule has 0 radical (unpaired) electrons. The molecule has 1 aliphatic heterocycles. The van der Waals surface area contributed by atoms with Crippen molar-refractivity contribution >= 4 is 11.6 Å². The first kappa shape index (κ1) is 18.0. The van der Waals surface area contributed by atoms with Gasteiger partial charge in [-0.15, -0.1) is 0 Å². The fourth-order valence-corrected chi connectivity index (χ4v) is 3.04. The number of carbonyl (C=O) groups excluding carboxylic acids is 1. The number of aryl methyl sites for hydroxylation is 1. The summed E-state index contributed by atoms with van der Waals surface area (Å²) in [6.07, 6.45) is 0.618. The lowest BCUT2D eigenvalue weighted by Crippen LogP contribution is -2.37. The van der Waals surface area contributed by atoms with Crippen molar-refractivity contribution in [2.24, 2.45) is 5.16 Å². The first-order valence-electron chi connectivity index (χ1n) is 8.85. The third-order valence-electron chi connectivity index (χ3n) is 4.58. The Morgan fingerprint density at radius 1 is 1.27 bits per heavy atom. The number of nitrogens with zero attached hydrogens (tertiary/aromatic N) is 1. The molecule has 1 heterocycles. The molecule has 5 nitrogen and oxygen atoms in total. The number of rotatable bonds is 6. The Balaban J connectivity index is 1.65. The fourth-order valence-electron chi connectivity index (χ4n) is 3.04. The monoisotopic (exact) mass is 352 g/mol. The third kappa shape index (κ3) is 3.87. The molecule has 0 aromatic heterocycles. The second-order valence-corrected chi connectivity index (χ2v) is 6.42. The minimum Gasteiger partial charge on any atom is -0.496 e. The molecule has 5 heteroatoms. The van der Waals surface area contributed by atoms with Crippen molar-refractivity contribution in [2.75, 3.05) is 7.11 Å². The third-order valence-corrected chi connectivity index (χ3v) is 4.58. The van der Waals surface area contributed by atoms with Gasteiger partial charge in [0.1, 0.15) is 5.75 Å². The number of benzene rings is 2. The molecule has 0 aliphatic carbocycles. The van der Waals surface area contributed by atoms with Crippen LogP contribution in [0.1, 0.15) is 42.5 Å². The Morgan fingerprint density at radius 2 is 2.00 bits per heavy atom. The number of nitrogens with one attached hydrogen (secondary N) is 1. The molecule has 0 fully saturated rings. The highest BCUT2D eigenvalue weighted by molar-refractivity contribution is 6.05. The van der Waals surface area contributed by atoms with Gasteiger partial charge in [-0.2, -0.15) is 0 Å². The molecular formula is C21H24N2O3. The SMILES string of the molecule is CC[C@@H](NC(=O)[C@@H]1CC(c2ccccc2OC)=NO1)c1ccc(C)cc1. The first-order valence-corrected chi connectivity index (χ1v) is 8.85. The zero-order valence-electron chi connectivity index (χ0n) is 15.4. The minimum absolute atomic E-state index is 0.0398. The average Bonchev–Trinajstić information content (AvgIpc) is 3.17. The zero-order valence-corrected chi connectivity index (χ0v) is 15.4. The first-order chi connectivity index (χ1) is 12.6. The molecule has 26 heavy (non-hydrogen) atoms. The summed E-state index contributed by atoms with van der Waals surface area (Å²) in [7, 11) is 1.62. The summed E-state index contributed by atoms with van der Waals surface area (Å²) in [5, 5.41) is 7.19. The van der Waals surface area contributed by atoms with Crippen LogP contribution in [0.2, 0.25) is 0 Å². The topological polar surface area (TPSA) is 59.9 Å². The van der Waals surface area contributed by atoms with Crippen LogP contribution in [-0.4, -0.2) is 24.8 Å². The van der Waals surface area contributed by atoms with E-state index in [0.717, 1.165) is 29.0 Å². The zero-order chi connectivity index (χ0) is 18.5. The molecule has 136 valence electrons. The van der Waals surface area contributed by atoms with Crippen LogP contribution in [0.25, 0.3) is 0 Å². The Morgan fingerprint density at radius 3 is 2.69 bits per heavy atom. The highest BCUT2D eigenvalue weighted by Gasteiger charge is 2.31. The van der Waals surface area contributed by atoms with Crippen molar-refractivity contribution in [1.82, 2.24) is 5.32 Å². The van der Waals surface area contributed by atoms with E-state index >= 15 is 0 Å². The van der Waals surface area contributed by atoms with Gasteiger partial charge < -0.3 is 14.9 Å². The van der Waals surface area contributed by atoms with E-state index in [9.17, 15) is 4.79 Å². The highest BCUT2D eigenvalue weighted by atomic mass is 16.6. The Hall–Kier alpha value is -2.82. The molecule has 2 aromatic carbocycles. The molecule has 0 unspecified atom stereocenters. The fraction of sp³-hybridized carbons (Fsp3) is 0.333. The van der Waals surface area contributed by atoms with Gasteiger partial charge in [-0.1, -0.05) is 54.0 Å². The van der Waals surface area contributed by atoms with Crippen molar-refractivity contribution in [3.63, 3.8) is 0 Å². The van der Waals surface area contributed by atoms with E-state index in [1.165, 1.54) is 5.56 Å². The second kappa shape index (κ2) is 8.04. The summed E-state index contributed by atoms with van der Waals surface area (Å²) < 4.78 is 5.37.